The number of benzene rings is 4. The van der Waals surface area contributed by atoms with Gasteiger partial charge in [-0.25, -0.2) is 9.97 Å². The number of phenols is 4. The predicted octanol–water partition coefficient (Wildman–Crippen LogP) is -3.36. The molecular weight excluding hydrogens is 1760 g/mol. The summed E-state index contributed by atoms with van der Waals surface area (Å²) in [5.41, 5.74) is 18.7. The van der Waals surface area contributed by atoms with Crippen molar-refractivity contribution < 1.29 is 97.1 Å². The molecule has 0 radical (unpaired) electrons. The maximum absolute atomic E-state index is 15.5. The topological polar surface area (TPSA) is 706 Å². The van der Waals surface area contributed by atoms with Crippen LogP contribution < -0.4 is 102 Å². The lowest BCUT2D eigenvalue weighted by Gasteiger charge is -2.30. The number of H-pyrrole nitrogens is 2. The summed E-state index contributed by atoms with van der Waals surface area (Å²) in [7, 11) is 0. The standard InChI is InChI=1S/C89H124N24O20S/c1-7-50(6)76-88(133)112-64(32-49(4)5)82(127)107-65(33-51-13-21-57(114)22-14-51)78(123)99-42-73(119)102-61(11-8-9-29-90)80(125)106-63(31-48(2)3)77(122)98-43-74(120)104-71(79(124)97-41-72(91)118)44-134-45-75(121)103-66(34-52-15-23-58(115)24-16-52)83(128)110-70(38-56-40-95-47-101-56)87(132)111-69(37-55-39-94-46-100-55)86(131)109-68(36-54-19-27-60(117)28-20-54)85(130)108-67(35-53-17-25-59(116)26-18-53)84(129)105-62(81(126)113-76)12-10-30-96-89(92)93/h13-28,39-40,46-50,61-71,76,114-117H,7-12,29-38,41-45,90H2,1-6H3,(H2,91,118)(H,94,100)(H,95,101)(H,97,124)(H,98,122)(H,99,123)(H,102,119)(H,103,121)(H,104,120)(H,105,129)(H,106,125)(H,107,127)(H,108,130)(H,109,131)(H,110,128)(H,111,132)(H,112,133)(H,113,126)(H4,92,93,96)/t50-,61-,62-,63-,64-,65-,66-,67-,68-,69-,70-,71-,76-/m0/s1. The van der Waals surface area contributed by atoms with Crippen LogP contribution in [0.5, 0.6) is 23.0 Å². The minimum atomic E-state index is -1.71. The Morgan fingerprint density at radius 2 is 0.769 bits per heavy atom. The summed E-state index contributed by atoms with van der Waals surface area (Å²) < 4.78 is 0. The molecule has 4 aromatic carbocycles. The summed E-state index contributed by atoms with van der Waals surface area (Å²) >= 11 is 0.758. The molecule has 16 amide bonds. The molecule has 0 saturated carbocycles. The number of nitrogens with two attached hydrogens (primary N) is 3. The SMILES string of the molecule is CC[C@H](C)[C@@H]1NC(=O)[C@H](CCCNC(=N)N)NC(=O)[C@H](Cc2ccc(O)cc2)NC(=O)[C@H](Cc2ccc(O)cc2)NC(=O)[C@H](Cc2c[nH]cn2)NC(=O)[C@H](Cc2c[nH]cn2)NC(=O)[C@H](Cc2ccc(O)cc2)NC(=O)CSC[C@@H](C(=O)NCC(N)=O)NC(=O)CNC(=O)[C@H](CC(C)C)NC(=O)[C@H](CCCCN)NC(=O)CNC(=O)[C@H](Cc2ccc(O)cc2)NC(=O)[C@H](CC(C)C)NC1=O. The van der Waals surface area contributed by atoms with Crippen LogP contribution in [0.15, 0.2) is 122 Å². The lowest BCUT2D eigenvalue weighted by molar-refractivity contribution is -0.136. The Labute approximate surface area is 777 Å². The van der Waals surface area contributed by atoms with Gasteiger partial charge >= 0.3 is 0 Å². The van der Waals surface area contributed by atoms with Crippen LogP contribution in [0, 0.1) is 23.2 Å². The number of unbranched alkanes of at least 4 members (excludes halogenated alkanes) is 1. The van der Waals surface area contributed by atoms with Crippen LogP contribution in [0.3, 0.4) is 0 Å². The van der Waals surface area contributed by atoms with Gasteiger partial charge in [0.05, 0.1) is 49.4 Å². The monoisotopic (exact) mass is 1880 g/mol. The first kappa shape index (κ1) is 107. The van der Waals surface area contributed by atoms with E-state index in [0.717, 1.165) is 11.8 Å². The molecule has 726 valence electrons. The zero-order chi connectivity index (χ0) is 98.1. The Hall–Kier alpha value is -14.4. The van der Waals surface area contributed by atoms with Gasteiger partial charge in [0.1, 0.15) is 95.5 Å². The van der Waals surface area contributed by atoms with Crippen molar-refractivity contribution >= 4 is 112 Å². The molecule has 134 heavy (non-hydrogen) atoms. The summed E-state index contributed by atoms with van der Waals surface area (Å²) in [6.07, 6.45) is 3.80. The maximum Gasteiger partial charge on any atom is 0.243 e. The van der Waals surface area contributed by atoms with Gasteiger partial charge in [-0.05, 0) is 140 Å². The number of hydrogen-bond donors (Lipinski definition) is 26. The van der Waals surface area contributed by atoms with E-state index in [4.69, 9.17) is 22.6 Å². The second-order valence-electron chi connectivity index (χ2n) is 33.4. The number of nitrogens with zero attached hydrogens (tertiary/aromatic N) is 2. The third-order valence-corrected chi connectivity index (χ3v) is 22.4. The number of carbonyl (C=O) groups excluding carboxylic acids is 16. The van der Waals surface area contributed by atoms with E-state index in [9.17, 15) is 63.6 Å². The number of hydrogen-bond acceptors (Lipinski definition) is 25. The fraction of sp³-hybridized carbons (Fsp3) is 0.472. The lowest BCUT2D eigenvalue weighted by atomic mass is 9.95. The van der Waals surface area contributed by atoms with Crippen LogP contribution in [0.2, 0.25) is 0 Å². The number of primary amides is 1. The minimum Gasteiger partial charge on any atom is -0.508 e. The molecule has 1 saturated heterocycles. The van der Waals surface area contributed by atoms with Crippen LogP contribution in [-0.4, -0.2) is 258 Å². The van der Waals surface area contributed by atoms with Gasteiger partial charge in [-0.2, -0.15) is 0 Å². The molecule has 2 aromatic heterocycles. The van der Waals surface area contributed by atoms with Crippen molar-refractivity contribution in [2.24, 2.45) is 35.0 Å². The van der Waals surface area contributed by atoms with E-state index in [2.05, 4.69) is 105 Å². The molecular formula is C89H124N24O20S. The fourth-order valence-corrected chi connectivity index (χ4v) is 15.0. The van der Waals surface area contributed by atoms with Crippen molar-refractivity contribution in [2.75, 3.05) is 44.2 Å². The molecule has 3 heterocycles. The maximum atomic E-state index is 15.5. The van der Waals surface area contributed by atoms with Gasteiger partial charge in [-0.3, -0.25) is 82.1 Å². The smallest absolute Gasteiger partial charge is 0.243 e. The van der Waals surface area contributed by atoms with E-state index in [1.54, 1.807) is 41.5 Å². The van der Waals surface area contributed by atoms with Crippen molar-refractivity contribution in [3.63, 3.8) is 0 Å². The van der Waals surface area contributed by atoms with Gasteiger partial charge in [-0.15, -0.1) is 11.8 Å². The Balaban J connectivity index is 1.31. The van der Waals surface area contributed by atoms with Crippen molar-refractivity contribution in [1.29, 1.82) is 5.41 Å². The number of carbonyl (C=O) groups is 16. The fourth-order valence-electron chi connectivity index (χ4n) is 14.1. The third kappa shape index (κ3) is 37.5. The van der Waals surface area contributed by atoms with Crippen LogP contribution in [0.25, 0.3) is 0 Å². The molecule has 0 bridgehead atoms. The molecule has 0 spiro atoms. The molecule has 1 aliphatic rings. The van der Waals surface area contributed by atoms with Crippen molar-refractivity contribution in [3.05, 3.63) is 156 Å². The minimum absolute atomic E-state index is 0.0186. The van der Waals surface area contributed by atoms with Gasteiger partial charge < -0.3 is 133 Å². The third-order valence-electron chi connectivity index (χ3n) is 21.4. The molecule has 6 aromatic rings. The highest BCUT2D eigenvalue weighted by Crippen LogP contribution is 2.21. The summed E-state index contributed by atoms with van der Waals surface area (Å²) in [4.78, 5) is 247. The number of aromatic nitrogens is 4. The zero-order valence-corrected chi connectivity index (χ0v) is 76.2. The number of phenolic OH excluding ortho intramolecular Hbond substituents is 4. The molecule has 45 heteroatoms. The molecule has 0 aliphatic carbocycles. The highest BCUT2D eigenvalue weighted by molar-refractivity contribution is 8.00. The van der Waals surface area contributed by atoms with Crippen LogP contribution in [0.4, 0.5) is 0 Å². The molecule has 1 aliphatic heterocycles. The van der Waals surface area contributed by atoms with E-state index in [1.807, 2.05) is 0 Å². The van der Waals surface area contributed by atoms with Gasteiger partial charge in [-0.1, -0.05) is 96.5 Å². The molecule has 1 fully saturated rings. The highest BCUT2D eigenvalue weighted by atomic mass is 32.2. The number of amides is 16. The highest BCUT2D eigenvalue weighted by Gasteiger charge is 2.39. The molecule has 0 unspecified atom stereocenters. The average Bonchev–Trinajstić information content (AvgIpc) is 1.14. The first-order valence-corrected chi connectivity index (χ1v) is 45.1. The van der Waals surface area contributed by atoms with E-state index in [1.165, 1.54) is 122 Å². The van der Waals surface area contributed by atoms with Crippen LogP contribution in [-0.2, 0) is 115 Å². The van der Waals surface area contributed by atoms with E-state index >= 15 is 33.6 Å². The summed E-state index contributed by atoms with van der Waals surface area (Å²) in [6, 6.07) is 3.49. The molecule has 29 N–H and O–H groups in total. The lowest BCUT2D eigenvalue weighted by Crippen LogP contribution is -2.62. The first-order valence-electron chi connectivity index (χ1n) is 44.0. The molecule has 44 nitrogen and oxygen atoms in total. The average molecular weight is 1880 g/mol. The van der Waals surface area contributed by atoms with Crippen molar-refractivity contribution in [1.82, 2.24) is 105 Å². The normalized spacial score (nSPS) is 22.1. The second kappa shape index (κ2) is 54.4. The van der Waals surface area contributed by atoms with Crippen LogP contribution in [0.1, 0.15) is 127 Å². The van der Waals surface area contributed by atoms with E-state index in [-0.39, 0.29) is 136 Å². The summed E-state index contributed by atoms with van der Waals surface area (Å²) in [6.45, 7) is 8.15. The van der Waals surface area contributed by atoms with E-state index < -0.39 is 216 Å². The summed E-state index contributed by atoms with van der Waals surface area (Å²) in [5.74, 6) is -18.7. The largest absolute Gasteiger partial charge is 0.508 e. The zero-order valence-electron chi connectivity index (χ0n) is 75.4. The first-order chi connectivity index (χ1) is 63.8. The quantitative estimate of drug-likeness (QED) is 0.0124. The number of aromatic amines is 2. The number of imidazole rings is 2. The molecule has 13 atom stereocenters. The van der Waals surface area contributed by atoms with Crippen LogP contribution >= 0.6 is 11.8 Å². The number of nitrogens with one attached hydrogen (secondary N) is 19. The van der Waals surface area contributed by atoms with Gasteiger partial charge in [0.2, 0.25) is 94.5 Å². The number of aromatic hydroxyl groups is 4. The van der Waals surface area contributed by atoms with Crippen molar-refractivity contribution in [2.45, 2.75) is 204 Å². The summed E-state index contributed by atoms with van der Waals surface area (Å²) in [5, 5.41) is 91.2. The number of guanidine groups is 1. The van der Waals surface area contributed by atoms with Crippen molar-refractivity contribution in [3.8, 4) is 23.0 Å². The van der Waals surface area contributed by atoms with Gasteiger partial charge in [0.15, 0.2) is 5.96 Å². The van der Waals surface area contributed by atoms with Gasteiger partial charge in [0.25, 0.3) is 0 Å². The Morgan fingerprint density at radius 1 is 0.425 bits per heavy atom. The number of rotatable bonds is 29. The van der Waals surface area contributed by atoms with E-state index in [0.29, 0.717) is 28.7 Å². The Morgan fingerprint density at radius 3 is 1.17 bits per heavy atom. The second-order valence-corrected chi connectivity index (χ2v) is 34.4. The molecule has 7 rings (SSSR count). The Kier molecular flexibility index (Phi) is 43.3. The Bertz CT molecular complexity index is 4940. The number of thioether (sulfide) groups is 1. The predicted molar refractivity (Wildman–Crippen MR) is 491 cm³/mol. The van der Waals surface area contributed by atoms with Gasteiger partial charge in [0, 0.05) is 63.2 Å².